The Balaban J connectivity index is 1.97. The first-order valence-electron chi connectivity index (χ1n) is 9.28. The summed E-state index contributed by atoms with van der Waals surface area (Å²) in [6, 6.07) is 0. The zero-order valence-electron chi connectivity index (χ0n) is 15.9. The SMILES string of the molecule is C=C1C2OC3C=C(C)C(OC(=O)CC(C)C)CC3(CO)C1(C)C(O)C2O. The van der Waals surface area contributed by atoms with Gasteiger partial charge < -0.3 is 24.8 Å². The molecule has 7 unspecified atom stereocenters. The molecule has 0 radical (unpaired) electrons. The molecule has 0 spiro atoms. The summed E-state index contributed by atoms with van der Waals surface area (Å²) in [6.07, 6.45) is -1.35. The molecule has 3 rings (SSSR count). The summed E-state index contributed by atoms with van der Waals surface area (Å²) < 4.78 is 11.7. The maximum atomic E-state index is 12.2. The number of ether oxygens (including phenoxy) is 2. The van der Waals surface area contributed by atoms with Crippen LogP contribution in [0.25, 0.3) is 0 Å². The number of aliphatic hydroxyl groups is 3. The van der Waals surface area contributed by atoms with Gasteiger partial charge >= 0.3 is 5.97 Å². The number of rotatable bonds is 4. The average Bonchev–Trinajstić information content (AvgIpc) is 2.68. The highest BCUT2D eigenvalue weighted by molar-refractivity contribution is 5.70. The highest BCUT2D eigenvalue weighted by atomic mass is 16.5. The Morgan fingerprint density at radius 1 is 1.46 bits per heavy atom. The summed E-state index contributed by atoms with van der Waals surface area (Å²) >= 11 is 0. The molecule has 0 aromatic rings. The van der Waals surface area contributed by atoms with Crippen LogP contribution in [0.3, 0.4) is 0 Å². The molecule has 0 aromatic heterocycles. The van der Waals surface area contributed by atoms with E-state index >= 15 is 0 Å². The zero-order chi connectivity index (χ0) is 19.4. The maximum Gasteiger partial charge on any atom is 0.306 e. The van der Waals surface area contributed by atoms with Crippen molar-refractivity contribution in [1.82, 2.24) is 0 Å². The molecule has 146 valence electrons. The van der Waals surface area contributed by atoms with Gasteiger partial charge in [-0.1, -0.05) is 33.4 Å². The van der Waals surface area contributed by atoms with Gasteiger partial charge in [0.15, 0.2) is 0 Å². The number of carbonyl (C=O) groups is 1. The number of hydrogen-bond donors (Lipinski definition) is 3. The maximum absolute atomic E-state index is 12.2. The molecule has 2 bridgehead atoms. The highest BCUT2D eigenvalue weighted by Gasteiger charge is 2.70. The number of fused-ring (bicyclic) bond motifs is 4. The molecule has 6 heteroatoms. The van der Waals surface area contributed by atoms with E-state index in [4.69, 9.17) is 9.47 Å². The lowest BCUT2D eigenvalue weighted by Gasteiger charge is -2.57. The van der Waals surface area contributed by atoms with Crippen LogP contribution < -0.4 is 0 Å². The molecule has 1 aliphatic heterocycles. The van der Waals surface area contributed by atoms with Crippen molar-refractivity contribution < 1.29 is 29.6 Å². The van der Waals surface area contributed by atoms with Crippen LogP contribution in [0.1, 0.15) is 40.5 Å². The third-order valence-electron chi connectivity index (χ3n) is 6.71. The predicted molar refractivity (Wildman–Crippen MR) is 95.1 cm³/mol. The molecule has 1 saturated heterocycles. The van der Waals surface area contributed by atoms with Gasteiger partial charge in [0.2, 0.25) is 0 Å². The Hall–Kier alpha value is -1.21. The molecule has 1 saturated carbocycles. The first-order valence-corrected chi connectivity index (χ1v) is 9.28. The normalized spacial score (nSPS) is 44.7. The quantitative estimate of drug-likeness (QED) is 0.513. The molecule has 26 heavy (non-hydrogen) atoms. The van der Waals surface area contributed by atoms with Crippen molar-refractivity contribution in [1.29, 1.82) is 0 Å². The van der Waals surface area contributed by atoms with Crippen LogP contribution >= 0.6 is 0 Å². The van der Waals surface area contributed by atoms with Crippen molar-refractivity contribution in [2.75, 3.05) is 6.61 Å². The van der Waals surface area contributed by atoms with Crippen LogP contribution in [0.15, 0.2) is 23.8 Å². The average molecular weight is 366 g/mol. The molecular formula is C20H30O6. The van der Waals surface area contributed by atoms with Gasteiger partial charge in [-0.15, -0.1) is 0 Å². The van der Waals surface area contributed by atoms with E-state index in [0.717, 1.165) is 5.57 Å². The van der Waals surface area contributed by atoms with E-state index in [1.54, 1.807) is 0 Å². The van der Waals surface area contributed by atoms with Gasteiger partial charge in [0.1, 0.15) is 18.3 Å². The van der Waals surface area contributed by atoms with Crippen LogP contribution in [0.4, 0.5) is 0 Å². The van der Waals surface area contributed by atoms with E-state index in [-0.39, 0.29) is 18.5 Å². The second kappa shape index (κ2) is 6.44. The van der Waals surface area contributed by atoms with E-state index in [1.807, 2.05) is 33.8 Å². The summed E-state index contributed by atoms with van der Waals surface area (Å²) in [4.78, 5) is 12.2. The third kappa shape index (κ3) is 2.50. The highest BCUT2D eigenvalue weighted by Crippen LogP contribution is 2.64. The van der Waals surface area contributed by atoms with Crippen molar-refractivity contribution in [3.05, 3.63) is 23.8 Å². The Morgan fingerprint density at radius 3 is 2.69 bits per heavy atom. The van der Waals surface area contributed by atoms with E-state index in [2.05, 4.69) is 6.58 Å². The minimum Gasteiger partial charge on any atom is -0.458 e. The fourth-order valence-electron chi connectivity index (χ4n) is 4.92. The standard InChI is InChI=1S/C20H30O6/c1-10(2)6-15(22)25-13-8-20(9-21)14(7-11(13)3)26-17-12(4)19(20,5)18(24)16(17)23/h7,10,13-14,16-18,21,23-24H,4,6,8-9H2,1-3,5H3. The second-order valence-corrected chi connectivity index (χ2v) is 8.65. The topological polar surface area (TPSA) is 96.2 Å². The Morgan fingerprint density at radius 2 is 2.12 bits per heavy atom. The van der Waals surface area contributed by atoms with Crippen LogP contribution in [-0.4, -0.2) is 58.4 Å². The predicted octanol–water partition coefficient (Wildman–Crippen LogP) is 1.34. The summed E-state index contributed by atoms with van der Waals surface area (Å²) in [6.45, 7) is 11.4. The van der Waals surface area contributed by atoms with Crippen LogP contribution in [-0.2, 0) is 14.3 Å². The molecule has 2 fully saturated rings. The van der Waals surface area contributed by atoms with E-state index in [9.17, 15) is 20.1 Å². The van der Waals surface area contributed by atoms with Crippen molar-refractivity contribution in [2.45, 2.75) is 71.1 Å². The van der Waals surface area contributed by atoms with Gasteiger partial charge in [-0.05, 0) is 30.4 Å². The number of aliphatic hydroxyl groups excluding tert-OH is 3. The fourth-order valence-corrected chi connectivity index (χ4v) is 4.92. The van der Waals surface area contributed by atoms with Gasteiger partial charge in [0.05, 0.1) is 18.8 Å². The van der Waals surface area contributed by atoms with Crippen LogP contribution in [0, 0.1) is 16.7 Å². The van der Waals surface area contributed by atoms with Crippen molar-refractivity contribution in [3.8, 4) is 0 Å². The molecule has 7 atom stereocenters. The summed E-state index contributed by atoms with van der Waals surface area (Å²) in [5, 5.41) is 31.6. The van der Waals surface area contributed by atoms with Crippen LogP contribution in [0.2, 0.25) is 0 Å². The number of hydrogen-bond acceptors (Lipinski definition) is 6. The molecular weight excluding hydrogens is 336 g/mol. The molecule has 3 aliphatic rings. The Labute approximate surface area is 154 Å². The first-order chi connectivity index (χ1) is 12.1. The lowest BCUT2D eigenvalue weighted by molar-refractivity contribution is -0.177. The van der Waals surface area contributed by atoms with Gasteiger partial charge in [-0.25, -0.2) is 0 Å². The molecule has 1 heterocycles. The van der Waals surface area contributed by atoms with Crippen LogP contribution in [0.5, 0.6) is 0 Å². The van der Waals surface area contributed by atoms with Crippen molar-refractivity contribution in [2.24, 2.45) is 16.7 Å². The van der Waals surface area contributed by atoms with Gasteiger partial charge in [0, 0.05) is 17.3 Å². The molecule has 0 amide bonds. The first kappa shape index (κ1) is 19.5. The fraction of sp³-hybridized carbons (Fsp3) is 0.750. The third-order valence-corrected chi connectivity index (χ3v) is 6.71. The monoisotopic (exact) mass is 366 g/mol. The summed E-state index contributed by atoms with van der Waals surface area (Å²) in [5.41, 5.74) is -0.410. The summed E-state index contributed by atoms with van der Waals surface area (Å²) in [5.74, 6) is -0.0901. The smallest absolute Gasteiger partial charge is 0.306 e. The summed E-state index contributed by atoms with van der Waals surface area (Å²) in [7, 11) is 0. The largest absolute Gasteiger partial charge is 0.458 e. The molecule has 2 aliphatic carbocycles. The number of carbonyl (C=O) groups excluding carboxylic acids is 1. The van der Waals surface area contributed by atoms with Gasteiger partial charge in [-0.2, -0.15) is 0 Å². The molecule has 6 nitrogen and oxygen atoms in total. The Bertz CT molecular complexity index is 640. The molecule has 3 N–H and O–H groups in total. The van der Waals surface area contributed by atoms with Gasteiger partial charge in [-0.3, -0.25) is 4.79 Å². The van der Waals surface area contributed by atoms with Crippen molar-refractivity contribution >= 4 is 5.97 Å². The number of esters is 1. The van der Waals surface area contributed by atoms with E-state index < -0.39 is 41.3 Å². The second-order valence-electron chi connectivity index (χ2n) is 8.65. The lowest BCUT2D eigenvalue weighted by Crippen LogP contribution is -2.61. The van der Waals surface area contributed by atoms with E-state index in [0.29, 0.717) is 18.4 Å². The van der Waals surface area contributed by atoms with E-state index in [1.165, 1.54) is 0 Å². The lowest BCUT2D eigenvalue weighted by atomic mass is 9.53. The Kier molecular flexibility index (Phi) is 4.84. The van der Waals surface area contributed by atoms with Crippen molar-refractivity contribution in [3.63, 3.8) is 0 Å². The minimum atomic E-state index is -1.10. The minimum absolute atomic E-state index is 0.192. The zero-order valence-corrected chi connectivity index (χ0v) is 15.9. The van der Waals surface area contributed by atoms with Gasteiger partial charge in [0.25, 0.3) is 0 Å². The molecule has 0 aromatic carbocycles.